The lowest BCUT2D eigenvalue weighted by Crippen LogP contribution is -2.22. The molecule has 0 aliphatic rings. The maximum atomic E-state index is 10.1. The van der Waals surface area contributed by atoms with Crippen molar-refractivity contribution in [2.45, 2.75) is 25.9 Å². The summed E-state index contributed by atoms with van der Waals surface area (Å²) >= 11 is 0. The van der Waals surface area contributed by atoms with Crippen molar-refractivity contribution < 1.29 is 5.11 Å². The molecule has 2 heteroatoms. The quantitative estimate of drug-likeness (QED) is 0.862. The van der Waals surface area contributed by atoms with Crippen LogP contribution in [-0.4, -0.2) is 18.7 Å². The van der Waals surface area contributed by atoms with Gasteiger partial charge in [-0.15, -0.1) is 0 Å². The zero-order chi connectivity index (χ0) is 14.4. The Kier molecular flexibility index (Phi) is 5.19. The van der Waals surface area contributed by atoms with Crippen LogP contribution in [0.2, 0.25) is 0 Å². The normalized spacial score (nSPS) is 12.2. The summed E-state index contributed by atoms with van der Waals surface area (Å²) in [5.74, 6) is 0. The molecule has 0 saturated carbocycles. The number of aliphatic hydroxyl groups excluding tert-OH is 1. The maximum Gasteiger partial charge on any atom is 0.0807 e. The minimum atomic E-state index is -0.384. The van der Waals surface area contributed by atoms with Gasteiger partial charge in [0, 0.05) is 24.8 Å². The van der Waals surface area contributed by atoms with Crippen molar-refractivity contribution in [3.63, 3.8) is 0 Å². The average Bonchev–Trinajstić information content (AvgIpc) is 2.52. The molecule has 106 valence electrons. The van der Waals surface area contributed by atoms with Crippen molar-refractivity contribution in [3.05, 3.63) is 65.7 Å². The van der Waals surface area contributed by atoms with Crippen LogP contribution in [0.4, 0.5) is 5.69 Å². The summed E-state index contributed by atoms with van der Waals surface area (Å²) in [6, 6.07) is 18.6. The average molecular weight is 269 g/mol. The summed E-state index contributed by atoms with van der Waals surface area (Å²) in [5, 5.41) is 10.1. The Bertz CT molecular complexity index is 524. The number of para-hydroxylation sites is 1. The highest BCUT2D eigenvalue weighted by atomic mass is 16.3. The molecule has 0 aliphatic carbocycles. The van der Waals surface area contributed by atoms with Gasteiger partial charge in [-0.05, 0) is 24.5 Å². The molecule has 2 aromatic carbocycles. The molecule has 0 bridgehead atoms. The van der Waals surface area contributed by atoms with Gasteiger partial charge in [-0.2, -0.15) is 0 Å². The van der Waals surface area contributed by atoms with Gasteiger partial charge in [0.25, 0.3) is 0 Å². The van der Waals surface area contributed by atoms with E-state index in [1.165, 1.54) is 5.56 Å². The predicted molar refractivity (Wildman–Crippen MR) is 85.1 cm³/mol. The largest absolute Gasteiger partial charge is 0.388 e. The third kappa shape index (κ3) is 3.61. The Hall–Kier alpha value is -1.80. The number of hydrogen-bond donors (Lipinski definition) is 1. The molecular formula is C18H23NO. The number of rotatable bonds is 6. The van der Waals surface area contributed by atoms with Gasteiger partial charge in [0.2, 0.25) is 0 Å². The number of benzene rings is 2. The van der Waals surface area contributed by atoms with Gasteiger partial charge in [-0.3, -0.25) is 0 Å². The van der Waals surface area contributed by atoms with E-state index in [1.54, 1.807) is 0 Å². The first-order valence-corrected chi connectivity index (χ1v) is 7.24. The fraction of sp³-hybridized carbons (Fsp3) is 0.333. The van der Waals surface area contributed by atoms with Crippen LogP contribution in [0.15, 0.2) is 54.6 Å². The lowest BCUT2D eigenvalue weighted by molar-refractivity contribution is 0.174. The fourth-order valence-electron chi connectivity index (χ4n) is 2.40. The van der Waals surface area contributed by atoms with Crippen molar-refractivity contribution in [2.75, 3.05) is 18.5 Å². The van der Waals surface area contributed by atoms with E-state index < -0.39 is 0 Å². The minimum absolute atomic E-state index is 0.384. The molecule has 1 atom stereocenters. The monoisotopic (exact) mass is 269 g/mol. The van der Waals surface area contributed by atoms with Crippen LogP contribution >= 0.6 is 0 Å². The van der Waals surface area contributed by atoms with Gasteiger partial charge in [-0.1, -0.05) is 55.5 Å². The molecule has 0 aromatic heterocycles. The zero-order valence-electron chi connectivity index (χ0n) is 12.3. The van der Waals surface area contributed by atoms with Gasteiger partial charge in [0.05, 0.1) is 6.10 Å². The standard InChI is InChI=1S/C18H23NO/c1-3-18(20)16-11-7-8-12-17(16)19(2)14-13-15-9-5-4-6-10-15/h4-12,18,20H,3,13-14H2,1-2H3/t18-/m0/s1. The van der Waals surface area contributed by atoms with Crippen LogP contribution in [0, 0.1) is 0 Å². The SMILES string of the molecule is CC[C@H](O)c1ccccc1N(C)CCc1ccccc1. The number of hydrogen-bond acceptors (Lipinski definition) is 2. The van der Waals surface area contributed by atoms with Gasteiger partial charge in [0.1, 0.15) is 0 Å². The van der Waals surface area contributed by atoms with Crippen molar-refractivity contribution in [1.82, 2.24) is 0 Å². The Morgan fingerprint density at radius 3 is 2.35 bits per heavy atom. The molecule has 0 saturated heterocycles. The first kappa shape index (κ1) is 14.6. The molecule has 1 N–H and O–H groups in total. The first-order valence-electron chi connectivity index (χ1n) is 7.24. The molecule has 0 spiro atoms. The summed E-state index contributed by atoms with van der Waals surface area (Å²) in [6.07, 6.45) is 1.36. The first-order chi connectivity index (χ1) is 9.72. The van der Waals surface area contributed by atoms with Gasteiger partial charge >= 0.3 is 0 Å². The van der Waals surface area contributed by atoms with Crippen LogP contribution in [-0.2, 0) is 6.42 Å². The Morgan fingerprint density at radius 1 is 1.00 bits per heavy atom. The number of nitrogens with zero attached hydrogens (tertiary/aromatic N) is 1. The second kappa shape index (κ2) is 7.11. The summed E-state index contributed by atoms with van der Waals surface area (Å²) in [6.45, 7) is 2.95. The van der Waals surface area contributed by atoms with Gasteiger partial charge in [0.15, 0.2) is 0 Å². The second-order valence-corrected chi connectivity index (χ2v) is 5.14. The highest BCUT2D eigenvalue weighted by molar-refractivity contribution is 5.54. The Morgan fingerprint density at radius 2 is 1.65 bits per heavy atom. The topological polar surface area (TPSA) is 23.5 Å². The third-order valence-corrected chi connectivity index (χ3v) is 3.67. The van der Waals surface area contributed by atoms with E-state index in [1.807, 2.05) is 31.2 Å². The molecule has 2 nitrogen and oxygen atoms in total. The van der Waals surface area contributed by atoms with E-state index in [0.29, 0.717) is 0 Å². The van der Waals surface area contributed by atoms with E-state index in [9.17, 15) is 5.11 Å². The molecule has 0 amide bonds. The molecule has 0 fully saturated rings. The molecule has 20 heavy (non-hydrogen) atoms. The Balaban J connectivity index is 2.07. The maximum absolute atomic E-state index is 10.1. The molecule has 2 rings (SSSR count). The fourth-order valence-corrected chi connectivity index (χ4v) is 2.40. The van der Waals surface area contributed by atoms with E-state index in [-0.39, 0.29) is 6.10 Å². The number of aliphatic hydroxyl groups is 1. The summed E-state index contributed by atoms with van der Waals surface area (Å²) in [7, 11) is 2.09. The van der Waals surface area contributed by atoms with Crippen LogP contribution in [0.5, 0.6) is 0 Å². The number of anilines is 1. The van der Waals surface area contributed by atoms with Crippen LogP contribution in [0.3, 0.4) is 0 Å². The molecule has 2 aromatic rings. The van der Waals surface area contributed by atoms with Crippen molar-refractivity contribution >= 4 is 5.69 Å². The highest BCUT2D eigenvalue weighted by Crippen LogP contribution is 2.27. The molecule has 0 unspecified atom stereocenters. The smallest absolute Gasteiger partial charge is 0.0807 e. The van der Waals surface area contributed by atoms with Gasteiger partial charge in [-0.25, -0.2) is 0 Å². The summed E-state index contributed by atoms with van der Waals surface area (Å²) in [4.78, 5) is 2.22. The zero-order valence-corrected chi connectivity index (χ0v) is 12.3. The highest BCUT2D eigenvalue weighted by Gasteiger charge is 2.12. The summed E-state index contributed by atoms with van der Waals surface area (Å²) < 4.78 is 0. The second-order valence-electron chi connectivity index (χ2n) is 5.14. The number of likely N-dealkylation sites (N-methyl/N-ethyl adjacent to an activating group) is 1. The van der Waals surface area contributed by atoms with Gasteiger partial charge < -0.3 is 10.0 Å². The van der Waals surface area contributed by atoms with Crippen molar-refractivity contribution in [3.8, 4) is 0 Å². The predicted octanol–water partition coefficient (Wildman–Crippen LogP) is 3.81. The third-order valence-electron chi connectivity index (χ3n) is 3.67. The minimum Gasteiger partial charge on any atom is -0.388 e. The van der Waals surface area contributed by atoms with E-state index >= 15 is 0 Å². The lowest BCUT2D eigenvalue weighted by Gasteiger charge is -2.24. The molecule has 0 heterocycles. The van der Waals surface area contributed by atoms with E-state index in [4.69, 9.17) is 0 Å². The van der Waals surface area contributed by atoms with Crippen LogP contribution in [0.25, 0.3) is 0 Å². The van der Waals surface area contributed by atoms with Crippen molar-refractivity contribution in [1.29, 1.82) is 0 Å². The lowest BCUT2D eigenvalue weighted by atomic mass is 10.0. The molecule has 0 radical (unpaired) electrons. The van der Waals surface area contributed by atoms with Crippen LogP contribution in [0.1, 0.15) is 30.6 Å². The summed E-state index contributed by atoms with van der Waals surface area (Å²) in [5.41, 5.74) is 3.48. The van der Waals surface area contributed by atoms with Crippen LogP contribution < -0.4 is 4.90 Å². The van der Waals surface area contributed by atoms with E-state index in [2.05, 4.69) is 42.3 Å². The van der Waals surface area contributed by atoms with Crippen molar-refractivity contribution in [2.24, 2.45) is 0 Å². The Labute approximate surface area is 121 Å². The van der Waals surface area contributed by atoms with E-state index in [0.717, 1.165) is 30.6 Å². The molecule has 0 aliphatic heterocycles. The molecular weight excluding hydrogens is 246 g/mol.